The molecule has 1 amide bonds. The molecule has 1 spiro atoms. The fraction of sp³-hybridized carbons (Fsp3) is 0.696. The first kappa shape index (κ1) is 23.8. The molecule has 172 valence electrons. The van der Waals surface area contributed by atoms with Gasteiger partial charge in [0.1, 0.15) is 22.2 Å². The fourth-order valence-corrected chi connectivity index (χ4v) is 4.81. The van der Waals surface area contributed by atoms with Crippen molar-refractivity contribution in [3.63, 3.8) is 0 Å². The lowest BCUT2D eigenvalue weighted by molar-refractivity contribution is -0.134. The molecule has 0 unspecified atom stereocenters. The SMILES string of the molecule is CCN=C(Cl)/C(C(=O)N1CCCC2(CN(CCC(C)(C)C)C2)C1)=C(\N)c1cc(C)on1. The number of nitrogens with two attached hydrogens (primary N) is 1. The summed E-state index contributed by atoms with van der Waals surface area (Å²) in [7, 11) is 0. The van der Waals surface area contributed by atoms with Crippen LogP contribution in [0.4, 0.5) is 0 Å². The molecule has 0 atom stereocenters. The Morgan fingerprint density at radius 2 is 2.06 bits per heavy atom. The van der Waals surface area contributed by atoms with E-state index in [0.717, 1.165) is 39.0 Å². The number of amides is 1. The van der Waals surface area contributed by atoms with Crippen LogP contribution in [0.5, 0.6) is 0 Å². The van der Waals surface area contributed by atoms with Crippen LogP contribution in [0.2, 0.25) is 0 Å². The van der Waals surface area contributed by atoms with Gasteiger partial charge in [-0.15, -0.1) is 0 Å². The maximum atomic E-state index is 13.6. The predicted molar refractivity (Wildman–Crippen MR) is 125 cm³/mol. The summed E-state index contributed by atoms with van der Waals surface area (Å²) in [6.07, 6.45) is 3.31. The molecule has 0 aromatic carbocycles. The van der Waals surface area contributed by atoms with Crippen molar-refractivity contribution in [3.8, 4) is 0 Å². The van der Waals surface area contributed by atoms with E-state index in [1.54, 1.807) is 13.0 Å². The Morgan fingerprint density at radius 3 is 2.65 bits per heavy atom. The highest BCUT2D eigenvalue weighted by Crippen LogP contribution is 2.40. The smallest absolute Gasteiger partial charge is 0.259 e. The zero-order valence-corrected chi connectivity index (χ0v) is 20.3. The van der Waals surface area contributed by atoms with Gasteiger partial charge >= 0.3 is 0 Å². The van der Waals surface area contributed by atoms with E-state index >= 15 is 0 Å². The first-order valence-corrected chi connectivity index (χ1v) is 11.6. The van der Waals surface area contributed by atoms with Crippen molar-refractivity contribution in [2.75, 3.05) is 39.3 Å². The quantitative estimate of drug-likeness (QED) is 0.528. The number of aryl methyl sites for hydroxylation is 1. The highest BCUT2D eigenvalue weighted by molar-refractivity contribution is 6.73. The van der Waals surface area contributed by atoms with Crippen LogP contribution >= 0.6 is 11.6 Å². The van der Waals surface area contributed by atoms with Gasteiger partial charge in [-0.2, -0.15) is 0 Å². The Hall–Kier alpha value is -1.86. The zero-order chi connectivity index (χ0) is 22.8. The summed E-state index contributed by atoms with van der Waals surface area (Å²) >= 11 is 6.44. The summed E-state index contributed by atoms with van der Waals surface area (Å²) in [6, 6.07) is 1.70. The van der Waals surface area contributed by atoms with E-state index in [4.69, 9.17) is 21.9 Å². The Balaban J connectivity index is 1.76. The second-order valence-corrected chi connectivity index (χ2v) is 10.6. The van der Waals surface area contributed by atoms with Crippen LogP contribution in [0.15, 0.2) is 21.2 Å². The number of aliphatic imine (C=N–C) groups is 1. The molecule has 2 N–H and O–H groups in total. The molecule has 3 heterocycles. The molecule has 8 heteroatoms. The monoisotopic (exact) mass is 449 g/mol. The van der Waals surface area contributed by atoms with Crippen LogP contribution in [0.25, 0.3) is 5.70 Å². The van der Waals surface area contributed by atoms with Gasteiger partial charge in [0.25, 0.3) is 5.91 Å². The molecule has 0 bridgehead atoms. The average molecular weight is 450 g/mol. The Bertz CT molecular complexity index is 862. The Kier molecular flexibility index (Phi) is 7.16. The summed E-state index contributed by atoms with van der Waals surface area (Å²) < 4.78 is 5.14. The molecule has 0 saturated carbocycles. The lowest BCUT2D eigenvalue weighted by Gasteiger charge is -2.55. The maximum Gasteiger partial charge on any atom is 0.259 e. The first-order valence-electron chi connectivity index (χ1n) is 11.2. The minimum Gasteiger partial charge on any atom is -0.396 e. The average Bonchev–Trinajstić information content (AvgIpc) is 3.11. The van der Waals surface area contributed by atoms with Crippen molar-refractivity contribution in [2.24, 2.45) is 21.6 Å². The van der Waals surface area contributed by atoms with E-state index in [1.165, 1.54) is 6.42 Å². The first-order chi connectivity index (χ1) is 14.5. The van der Waals surface area contributed by atoms with Gasteiger partial charge in [0.2, 0.25) is 0 Å². The van der Waals surface area contributed by atoms with Crippen molar-refractivity contribution in [1.29, 1.82) is 0 Å². The van der Waals surface area contributed by atoms with E-state index in [9.17, 15) is 4.79 Å². The second kappa shape index (κ2) is 9.33. The lowest BCUT2D eigenvalue weighted by Crippen LogP contribution is -2.63. The van der Waals surface area contributed by atoms with Crippen LogP contribution in [-0.4, -0.2) is 65.3 Å². The molecule has 0 radical (unpaired) electrons. The Morgan fingerprint density at radius 1 is 1.35 bits per heavy atom. The van der Waals surface area contributed by atoms with E-state index in [2.05, 4.69) is 35.8 Å². The second-order valence-electron chi connectivity index (χ2n) is 10.2. The largest absolute Gasteiger partial charge is 0.396 e. The zero-order valence-electron chi connectivity index (χ0n) is 19.5. The molecule has 31 heavy (non-hydrogen) atoms. The van der Waals surface area contributed by atoms with Crippen LogP contribution in [-0.2, 0) is 4.79 Å². The number of hydrogen-bond donors (Lipinski definition) is 1. The Labute approximate surface area is 190 Å². The molecule has 0 aliphatic carbocycles. The lowest BCUT2D eigenvalue weighted by atomic mass is 9.72. The van der Waals surface area contributed by atoms with Gasteiger partial charge in [0, 0.05) is 44.2 Å². The number of carbonyl (C=O) groups excluding carboxylic acids is 1. The molecule has 3 rings (SSSR count). The standard InChI is InChI=1S/C23H36ClN5O2/c1-6-26-20(24)18(19(25)17-12-16(2)31-27-17)21(30)29-10-7-8-23(15-29)13-28(14-23)11-9-22(3,4)5/h12H,6-11,13-15,25H2,1-5H3/b19-18+,26-20?. The molecule has 1 aromatic heterocycles. The minimum atomic E-state index is -0.174. The summed E-state index contributed by atoms with van der Waals surface area (Å²) in [5.41, 5.74) is 7.70. The van der Waals surface area contributed by atoms with Crippen LogP contribution in [0.3, 0.4) is 0 Å². The molecular formula is C23H36ClN5O2. The number of rotatable bonds is 6. The number of hydrogen-bond acceptors (Lipinski definition) is 6. The molecule has 2 fully saturated rings. The number of aromatic nitrogens is 1. The van der Waals surface area contributed by atoms with Gasteiger partial charge in [0.05, 0.1) is 5.70 Å². The molecule has 2 aliphatic rings. The third-order valence-electron chi connectivity index (χ3n) is 6.14. The summed E-state index contributed by atoms with van der Waals surface area (Å²) in [5, 5.41) is 4.09. The van der Waals surface area contributed by atoms with Gasteiger partial charge in [-0.3, -0.25) is 9.79 Å². The van der Waals surface area contributed by atoms with Gasteiger partial charge < -0.3 is 20.1 Å². The van der Waals surface area contributed by atoms with Crippen molar-refractivity contribution in [1.82, 2.24) is 15.0 Å². The van der Waals surface area contributed by atoms with E-state index in [0.29, 0.717) is 30.0 Å². The highest BCUT2D eigenvalue weighted by atomic mass is 35.5. The predicted octanol–water partition coefficient (Wildman–Crippen LogP) is 3.67. The van der Waals surface area contributed by atoms with E-state index in [-0.39, 0.29) is 27.8 Å². The number of nitrogens with zero attached hydrogens (tertiary/aromatic N) is 4. The summed E-state index contributed by atoms with van der Waals surface area (Å²) in [4.78, 5) is 22.2. The van der Waals surface area contributed by atoms with Crippen molar-refractivity contribution in [2.45, 2.75) is 53.9 Å². The third kappa shape index (κ3) is 5.69. The van der Waals surface area contributed by atoms with E-state index < -0.39 is 0 Å². The topological polar surface area (TPSA) is 88.0 Å². The van der Waals surface area contributed by atoms with Crippen molar-refractivity contribution in [3.05, 3.63) is 23.1 Å². The van der Waals surface area contributed by atoms with Crippen LogP contribution in [0.1, 0.15) is 58.4 Å². The number of piperidine rings is 1. The fourth-order valence-electron chi connectivity index (χ4n) is 4.51. The van der Waals surface area contributed by atoms with Crippen molar-refractivity contribution >= 4 is 28.4 Å². The van der Waals surface area contributed by atoms with Crippen LogP contribution in [0, 0.1) is 17.8 Å². The minimum absolute atomic E-state index is 0.130. The highest BCUT2D eigenvalue weighted by Gasteiger charge is 2.46. The molecule has 2 aliphatic heterocycles. The molecular weight excluding hydrogens is 414 g/mol. The maximum absolute atomic E-state index is 13.6. The number of halogens is 1. The van der Waals surface area contributed by atoms with Gasteiger partial charge in [0.15, 0.2) is 0 Å². The summed E-state index contributed by atoms with van der Waals surface area (Å²) in [5.74, 6) is 0.447. The molecule has 1 aromatic rings. The van der Waals surface area contributed by atoms with E-state index in [1.807, 2.05) is 11.8 Å². The van der Waals surface area contributed by atoms with Crippen LogP contribution < -0.4 is 5.73 Å². The number of carbonyl (C=O) groups is 1. The number of likely N-dealkylation sites (tertiary alicyclic amines) is 2. The van der Waals surface area contributed by atoms with Gasteiger partial charge in [-0.25, -0.2) is 0 Å². The van der Waals surface area contributed by atoms with Gasteiger partial charge in [-0.1, -0.05) is 37.5 Å². The summed E-state index contributed by atoms with van der Waals surface area (Å²) in [6.45, 7) is 15.6. The molecule has 7 nitrogen and oxygen atoms in total. The van der Waals surface area contributed by atoms with Crippen molar-refractivity contribution < 1.29 is 9.32 Å². The third-order valence-corrected chi connectivity index (χ3v) is 6.44. The molecule has 2 saturated heterocycles. The van der Waals surface area contributed by atoms with Gasteiger partial charge in [-0.05, 0) is 45.1 Å². The normalized spacial score (nSPS) is 20.6.